The van der Waals surface area contributed by atoms with Crippen LogP contribution in [0.2, 0.25) is 0 Å². The van der Waals surface area contributed by atoms with Crippen LogP contribution in [0.5, 0.6) is 0 Å². The molecule has 0 aromatic carbocycles. The fourth-order valence-corrected chi connectivity index (χ4v) is 1.80. The topological polar surface area (TPSA) is 24.9 Å². The molecule has 1 saturated heterocycles. The fourth-order valence-electron chi connectivity index (χ4n) is 1.80. The SMILES string of the molecule is Cc1cc(C2CCNC2)c(F)cn1.Cl. The fraction of sp³-hybridized carbons (Fsp3) is 0.500. The van der Waals surface area contributed by atoms with E-state index in [9.17, 15) is 4.39 Å². The van der Waals surface area contributed by atoms with E-state index in [-0.39, 0.29) is 18.2 Å². The van der Waals surface area contributed by atoms with Gasteiger partial charge in [-0.25, -0.2) is 4.39 Å². The van der Waals surface area contributed by atoms with Crippen molar-refractivity contribution in [1.29, 1.82) is 0 Å². The molecule has 1 aromatic rings. The molecule has 1 unspecified atom stereocenters. The summed E-state index contributed by atoms with van der Waals surface area (Å²) in [5.74, 6) is 0.168. The molecule has 0 bridgehead atoms. The molecule has 0 saturated carbocycles. The molecule has 1 aliphatic rings. The summed E-state index contributed by atoms with van der Waals surface area (Å²) in [6.07, 6.45) is 2.35. The van der Waals surface area contributed by atoms with Crippen molar-refractivity contribution in [3.8, 4) is 0 Å². The molecular formula is C10H14ClFN2. The Bertz CT molecular complexity index is 311. The van der Waals surface area contributed by atoms with Crippen LogP contribution in [-0.2, 0) is 0 Å². The van der Waals surface area contributed by atoms with Gasteiger partial charge in [0.15, 0.2) is 0 Å². The monoisotopic (exact) mass is 216 g/mol. The van der Waals surface area contributed by atoms with Crippen LogP contribution in [0.15, 0.2) is 12.3 Å². The van der Waals surface area contributed by atoms with Crippen LogP contribution < -0.4 is 5.32 Å². The summed E-state index contributed by atoms with van der Waals surface area (Å²) in [6.45, 7) is 3.77. The van der Waals surface area contributed by atoms with Gasteiger partial charge < -0.3 is 5.32 Å². The smallest absolute Gasteiger partial charge is 0.145 e. The third kappa shape index (κ3) is 2.22. The van der Waals surface area contributed by atoms with Gasteiger partial charge in [-0.1, -0.05) is 0 Å². The molecule has 0 aliphatic carbocycles. The predicted octanol–water partition coefficient (Wildman–Crippen LogP) is 2.03. The van der Waals surface area contributed by atoms with Crippen LogP contribution in [0.25, 0.3) is 0 Å². The van der Waals surface area contributed by atoms with Gasteiger partial charge >= 0.3 is 0 Å². The van der Waals surface area contributed by atoms with Crippen molar-refractivity contribution in [3.63, 3.8) is 0 Å². The highest BCUT2D eigenvalue weighted by molar-refractivity contribution is 5.85. The van der Waals surface area contributed by atoms with Crippen molar-refractivity contribution in [2.45, 2.75) is 19.3 Å². The first-order chi connectivity index (χ1) is 6.27. The second-order valence-corrected chi connectivity index (χ2v) is 3.54. The summed E-state index contributed by atoms with van der Waals surface area (Å²) in [6, 6.07) is 1.85. The maximum atomic E-state index is 13.3. The van der Waals surface area contributed by atoms with Gasteiger partial charge in [0.05, 0.1) is 6.20 Å². The highest BCUT2D eigenvalue weighted by Gasteiger charge is 2.19. The minimum Gasteiger partial charge on any atom is -0.316 e. The number of nitrogens with zero attached hydrogens (tertiary/aromatic N) is 1. The molecule has 1 aliphatic heterocycles. The van der Waals surface area contributed by atoms with Gasteiger partial charge in [-0.3, -0.25) is 4.98 Å². The zero-order valence-electron chi connectivity index (χ0n) is 8.09. The lowest BCUT2D eigenvalue weighted by Gasteiger charge is -2.09. The summed E-state index contributed by atoms with van der Waals surface area (Å²) >= 11 is 0. The number of pyridine rings is 1. The molecular weight excluding hydrogens is 203 g/mol. The Morgan fingerprint density at radius 3 is 3.00 bits per heavy atom. The van der Waals surface area contributed by atoms with Crippen LogP contribution in [0.4, 0.5) is 4.39 Å². The van der Waals surface area contributed by atoms with Gasteiger partial charge in [0.1, 0.15) is 5.82 Å². The van der Waals surface area contributed by atoms with E-state index in [1.807, 2.05) is 13.0 Å². The Hall–Kier alpha value is -0.670. The average molecular weight is 217 g/mol. The van der Waals surface area contributed by atoms with E-state index in [0.29, 0.717) is 5.92 Å². The van der Waals surface area contributed by atoms with Crippen molar-refractivity contribution in [1.82, 2.24) is 10.3 Å². The van der Waals surface area contributed by atoms with Crippen molar-refractivity contribution in [3.05, 3.63) is 29.3 Å². The van der Waals surface area contributed by atoms with E-state index >= 15 is 0 Å². The molecule has 1 atom stereocenters. The molecule has 0 amide bonds. The van der Waals surface area contributed by atoms with Gasteiger partial charge in [-0.2, -0.15) is 0 Å². The molecule has 78 valence electrons. The number of nitrogens with one attached hydrogen (secondary N) is 1. The minimum absolute atomic E-state index is 0. The van der Waals surface area contributed by atoms with Crippen molar-refractivity contribution in [2.24, 2.45) is 0 Å². The van der Waals surface area contributed by atoms with Gasteiger partial charge in [0.2, 0.25) is 0 Å². The van der Waals surface area contributed by atoms with E-state index in [2.05, 4.69) is 10.3 Å². The standard InChI is InChI=1S/C10H13FN2.ClH/c1-7-4-9(10(11)6-13-7)8-2-3-12-5-8;/h4,6,8,12H,2-3,5H2,1H3;1H. The van der Waals surface area contributed by atoms with Crippen LogP contribution in [0.1, 0.15) is 23.6 Å². The Morgan fingerprint density at radius 2 is 2.36 bits per heavy atom. The normalized spacial score (nSPS) is 20.6. The second kappa shape index (κ2) is 4.71. The Morgan fingerprint density at radius 1 is 1.57 bits per heavy atom. The lowest BCUT2D eigenvalue weighted by Crippen LogP contribution is -2.09. The summed E-state index contributed by atoms with van der Waals surface area (Å²) in [4.78, 5) is 3.92. The maximum absolute atomic E-state index is 13.3. The zero-order valence-corrected chi connectivity index (χ0v) is 8.90. The number of hydrogen-bond donors (Lipinski definition) is 1. The molecule has 0 radical (unpaired) electrons. The van der Waals surface area contributed by atoms with Gasteiger partial charge in [-0.15, -0.1) is 12.4 Å². The molecule has 1 aromatic heterocycles. The zero-order chi connectivity index (χ0) is 9.26. The van der Waals surface area contributed by atoms with E-state index in [4.69, 9.17) is 0 Å². The maximum Gasteiger partial charge on any atom is 0.145 e. The average Bonchev–Trinajstić information content (AvgIpc) is 2.61. The summed E-state index contributed by atoms with van der Waals surface area (Å²) < 4.78 is 13.3. The van der Waals surface area contributed by atoms with Crippen molar-refractivity contribution >= 4 is 12.4 Å². The first-order valence-corrected chi connectivity index (χ1v) is 4.60. The number of rotatable bonds is 1. The number of aromatic nitrogens is 1. The van der Waals surface area contributed by atoms with Crippen LogP contribution >= 0.6 is 12.4 Å². The quantitative estimate of drug-likeness (QED) is 0.777. The Kier molecular flexibility index (Phi) is 3.84. The third-order valence-electron chi connectivity index (χ3n) is 2.52. The highest BCUT2D eigenvalue weighted by atomic mass is 35.5. The first-order valence-electron chi connectivity index (χ1n) is 4.60. The first kappa shape index (κ1) is 11.4. The van der Waals surface area contributed by atoms with E-state index in [1.165, 1.54) is 6.20 Å². The van der Waals surface area contributed by atoms with Gasteiger partial charge in [0.25, 0.3) is 0 Å². The molecule has 2 rings (SSSR count). The molecule has 1 fully saturated rings. The van der Waals surface area contributed by atoms with E-state index < -0.39 is 0 Å². The van der Waals surface area contributed by atoms with Gasteiger partial charge in [-0.05, 0) is 31.5 Å². The molecule has 14 heavy (non-hydrogen) atoms. The molecule has 4 heteroatoms. The predicted molar refractivity (Wildman–Crippen MR) is 56.4 cm³/mol. The van der Waals surface area contributed by atoms with Crippen molar-refractivity contribution in [2.75, 3.05) is 13.1 Å². The summed E-state index contributed by atoms with van der Waals surface area (Å²) in [7, 11) is 0. The largest absolute Gasteiger partial charge is 0.316 e. The number of hydrogen-bond acceptors (Lipinski definition) is 2. The Balaban J connectivity index is 0.000000980. The third-order valence-corrected chi connectivity index (χ3v) is 2.52. The van der Waals surface area contributed by atoms with Gasteiger partial charge in [0, 0.05) is 18.2 Å². The van der Waals surface area contributed by atoms with Crippen LogP contribution in [-0.4, -0.2) is 18.1 Å². The number of aryl methyl sites for hydroxylation is 1. The summed E-state index contributed by atoms with van der Waals surface area (Å²) in [5.41, 5.74) is 1.71. The van der Waals surface area contributed by atoms with Crippen LogP contribution in [0, 0.1) is 12.7 Å². The highest BCUT2D eigenvalue weighted by Crippen LogP contribution is 2.24. The van der Waals surface area contributed by atoms with Crippen molar-refractivity contribution < 1.29 is 4.39 Å². The molecule has 2 heterocycles. The molecule has 1 N–H and O–H groups in total. The second-order valence-electron chi connectivity index (χ2n) is 3.54. The molecule has 0 spiro atoms. The lowest BCUT2D eigenvalue weighted by atomic mass is 9.98. The molecule has 2 nitrogen and oxygen atoms in total. The Labute approximate surface area is 89.3 Å². The summed E-state index contributed by atoms with van der Waals surface area (Å²) in [5, 5.41) is 3.23. The van der Waals surface area contributed by atoms with E-state index in [0.717, 1.165) is 30.8 Å². The van der Waals surface area contributed by atoms with E-state index in [1.54, 1.807) is 0 Å². The number of halogens is 2. The lowest BCUT2D eigenvalue weighted by molar-refractivity contribution is 0.580. The van der Waals surface area contributed by atoms with Crippen LogP contribution in [0.3, 0.4) is 0 Å². The minimum atomic E-state index is -0.167.